The molecule has 0 aliphatic rings. The fourth-order valence-corrected chi connectivity index (χ4v) is 2.30. The van der Waals surface area contributed by atoms with Crippen LogP contribution >= 0.6 is 11.6 Å². The van der Waals surface area contributed by atoms with Crippen molar-refractivity contribution >= 4 is 11.6 Å². The van der Waals surface area contributed by atoms with Gasteiger partial charge in [0.2, 0.25) is 0 Å². The van der Waals surface area contributed by atoms with Gasteiger partial charge in [-0.2, -0.15) is 18.3 Å². The van der Waals surface area contributed by atoms with E-state index in [2.05, 4.69) is 5.10 Å². The molecule has 2 N–H and O–H groups in total. The van der Waals surface area contributed by atoms with Crippen LogP contribution in [0.25, 0.3) is 0 Å². The molecular formula is C13H12ClF4N3. The maximum atomic E-state index is 13.8. The van der Waals surface area contributed by atoms with Gasteiger partial charge in [0.1, 0.15) is 5.82 Å². The number of rotatable bonds is 3. The molecule has 1 aromatic heterocycles. The van der Waals surface area contributed by atoms with Crippen molar-refractivity contribution in [2.75, 3.05) is 0 Å². The highest BCUT2D eigenvalue weighted by molar-refractivity contribution is 6.31. The first-order valence-corrected chi connectivity index (χ1v) is 6.47. The van der Waals surface area contributed by atoms with Gasteiger partial charge in [0.05, 0.1) is 28.5 Å². The Bertz CT molecular complexity index is 651. The Hall–Kier alpha value is -1.60. The molecule has 0 amide bonds. The molecule has 0 saturated carbocycles. The Balaban J connectivity index is 2.52. The van der Waals surface area contributed by atoms with E-state index in [1.165, 1.54) is 10.9 Å². The Kier molecular flexibility index (Phi) is 4.25. The Morgan fingerprint density at radius 2 is 2.05 bits per heavy atom. The van der Waals surface area contributed by atoms with Crippen LogP contribution in [0.15, 0.2) is 24.4 Å². The van der Waals surface area contributed by atoms with Gasteiger partial charge in [-0.05, 0) is 25.1 Å². The molecule has 3 nitrogen and oxygen atoms in total. The highest BCUT2D eigenvalue weighted by Gasteiger charge is 2.32. The fourth-order valence-electron chi connectivity index (χ4n) is 2.04. The second-order valence-electron chi connectivity index (χ2n) is 4.41. The van der Waals surface area contributed by atoms with Gasteiger partial charge in [-0.1, -0.05) is 11.6 Å². The van der Waals surface area contributed by atoms with Crippen LogP contribution in [-0.4, -0.2) is 9.78 Å². The zero-order valence-electron chi connectivity index (χ0n) is 11.0. The molecule has 8 heteroatoms. The monoisotopic (exact) mass is 321 g/mol. The summed E-state index contributed by atoms with van der Waals surface area (Å²) in [6.45, 7) is 2.18. The highest BCUT2D eigenvalue weighted by atomic mass is 35.5. The van der Waals surface area contributed by atoms with Crippen LogP contribution in [0.3, 0.4) is 0 Å². The van der Waals surface area contributed by atoms with E-state index in [0.29, 0.717) is 18.7 Å². The third kappa shape index (κ3) is 3.03. The molecule has 21 heavy (non-hydrogen) atoms. The molecule has 2 rings (SSSR count). The molecule has 0 bridgehead atoms. The second kappa shape index (κ2) is 5.65. The molecule has 1 atom stereocenters. The maximum absolute atomic E-state index is 13.8. The number of benzene rings is 1. The van der Waals surface area contributed by atoms with Crippen molar-refractivity contribution in [3.8, 4) is 0 Å². The van der Waals surface area contributed by atoms with Crippen LogP contribution in [0.2, 0.25) is 5.02 Å². The maximum Gasteiger partial charge on any atom is 0.416 e. The first kappa shape index (κ1) is 15.8. The van der Waals surface area contributed by atoms with Gasteiger partial charge < -0.3 is 5.73 Å². The van der Waals surface area contributed by atoms with Crippen molar-refractivity contribution in [2.45, 2.75) is 25.7 Å². The van der Waals surface area contributed by atoms with Crippen LogP contribution in [0.1, 0.15) is 29.8 Å². The average molecular weight is 322 g/mol. The molecular weight excluding hydrogens is 310 g/mol. The SMILES string of the molecule is CCn1ncc(Cl)c1C(N)c1cc(C(F)(F)F)ccc1F. The molecule has 0 aliphatic heterocycles. The summed E-state index contributed by atoms with van der Waals surface area (Å²) in [4.78, 5) is 0. The number of nitrogens with two attached hydrogens (primary N) is 1. The Morgan fingerprint density at radius 3 is 2.62 bits per heavy atom. The van der Waals surface area contributed by atoms with E-state index in [-0.39, 0.29) is 16.3 Å². The van der Waals surface area contributed by atoms with Gasteiger partial charge in [0.25, 0.3) is 0 Å². The Morgan fingerprint density at radius 1 is 1.38 bits per heavy atom. The largest absolute Gasteiger partial charge is 0.416 e. The summed E-state index contributed by atoms with van der Waals surface area (Å²) in [6, 6.07) is 0.980. The first-order chi connectivity index (χ1) is 9.75. The van der Waals surface area contributed by atoms with Gasteiger partial charge in [-0.3, -0.25) is 4.68 Å². The summed E-state index contributed by atoms with van der Waals surface area (Å²) >= 11 is 5.94. The van der Waals surface area contributed by atoms with E-state index >= 15 is 0 Å². The topological polar surface area (TPSA) is 43.8 Å². The van der Waals surface area contributed by atoms with E-state index in [4.69, 9.17) is 17.3 Å². The first-order valence-electron chi connectivity index (χ1n) is 6.09. The van der Waals surface area contributed by atoms with Gasteiger partial charge in [0, 0.05) is 12.1 Å². The lowest BCUT2D eigenvalue weighted by Crippen LogP contribution is -2.20. The normalized spacial score (nSPS) is 13.5. The van der Waals surface area contributed by atoms with Crippen LogP contribution in [0, 0.1) is 5.82 Å². The number of halogens is 5. The minimum atomic E-state index is -4.57. The highest BCUT2D eigenvalue weighted by Crippen LogP contribution is 2.34. The van der Waals surface area contributed by atoms with Crippen molar-refractivity contribution in [1.82, 2.24) is 9.78 Å². The molecule has 0 spiro atoms. The second-order valence-corrected chi connectivity index (χ2v) is 4.81. The molecule has 1 heterocycles. The van der Waals surface area contributed by atoms with Crippen LogP contribution in [0.4, 0.5) is 17.6 Å². The molecule has 0 aliphatic carbocycles. The predicted molar refractivity (Wildman–Crippen MR) is 70.3 cm³/mol. The van der Waals surface area contributed by atoms with Crippen LogP contribution in [0.5, 0.6) is 0 Å². The predicted octanol–water partition coefficient (Wildman–Crippen LogP) is 3.76. The number of hydrogen-bond acceptors (Lipinski definition) is 2. The van der Waals surface area contributed by atoms with E-state index in [0.717, 1.165) is 6.07 Å². The lowest BCUT2D eigenvalue weighted by molar-refractivity contribution is -0.137. The van der Waals surface area contributed by atoms with E-state index in [1.54, 1.807) is 6.92 Å². The zero-order valence-corrected chi connectivity index (χ0v) is 11.7. The molecule has 114 valence electrons. The fraction of sp³-hybridized carbons (Fsp3) is 0.308. The van der Waals surface area contributed by atoms with Gasteiger partial charge in [-0.15, -0.1) is 0 Å². The third-order valence-electron chi connectivity index (χ3n) is 3.09. The molecule has 0 fully saturated rings. The van der Waals surface area contributed by atoms with Crippen LogP contribution < -0.4 is 5.73 Å². The van der Waals surface area contributed by atoms with Crippen LogP contribution in [-0.2, 0) is 12.7 Å². The summed E-state index contributed by atoms with van der Waals surface area (Å²) in [5.74, 6) is -0.824. The quantitative estimate of drug-likeness (QED) is 0.875. The number of hydrogen-bond donors (Lipinski definition) is 1. The summed E-state index contributed by atoms with van der Waals surface area (Å²) in [6.07, 6.45) is -3.25. The van der Waals surface area contributed by atoms with Gasteiger partial charge in [0.15, 0.2) is 0 Å². The minimum absolute atomic E-state index is 0.182. The van der Waals surface area contributed by atoms with E-state index < -0.39 is 23.6 Å². The molecule has 1 aromatic carbocycles. The summed E-state index contributed by atoms with van der Waals surface area (Å²) in [5.41, 5.74) is 4.93. The van der Waals surface area contributed by atoms with Crippen molar-refractivity contribution in [3.05, 3.63) is 52.1 Å². The standard InChI is InChI=1S/C13H12ClF4N3/c1-2-21-12(9(14)6-20-21)11(19)8-5-7(13(16,17)18)3-4-10(8)15/h3-6,11H,2,19H2,1H3. The average Bonchev–Trinajstić information content (AvgIpc) is 2.78. The van der Waals surface area contributed by atoms with Gasteiger partial charge >= 0.3 is 6.18 Å². The minimum Gasteiger partial charge on any atom is -0.319 e. The molecule has 2 aromatic rings. The van der Waals surface area contributed by atoms with Gasteiger partial charge in [-0.25, -0.2) is 4.39 Å². The molecule has 1 unspecified atom stereocenters. The number of aryl methyl sites for hydroxylation is 1. The van der Waals surface area contributed by atoms with E-state index in [9.17, 15) is 17.6 Å². The molecule has 0 radical (unpaired) electrons. The lowest BCUT2D eigenvalue weighted by Gasteiger charge is -2.17. The number of nitrogens with zero attached hydrogens (tertiary/aromatic N) is 2. The number of alkyl halides is 3. The lowest BCUT2D eigenvalue weighted by atomic mass is 10.0. The molecule has 0 saturated heterocycles. The van der Waals surface area contributed by atoms with Crippen molar-refractivity contribution in [2.24, 2.45) is 5.73 Å². The smallest absolute Gasteiger partial charge is 0.319 e. The summed E-state index contributed by atoms with van der Waals surface area (Å²) in [5, 5.41) is 4.12. The van der Waals surface area contributed by atoms with Crippen molar-refractivity contribution in [1.29, 1.82) is 0 Å². The van der Waals surface area contributed by atoms with Crippen molar-refractivity contribution < 1.29 is 17.6 Å². The Labute approximate surface area is 123 Å². The zero-order chi connectivity index (χ0) is 15.8. The van der Waals surface area contributed by atoms with E-state index in [1.807, 2.05) is 0 Å². The van der Waals surface area contributed by atoms with Crippen molar-refractivity contribution in [3.63, 3.8) is 0 Å². The summed E-state index contributed by atoms with van der Waals surface area (Å²) in [7, 11) is 0. The summed E-state index contributed by atoms with van der Waals surface area (Å²) < 4.78 is 53.4. The number of aromatic nitrogens is 2. The third-order valence-corrected chi connectivity index (χ3v) is 3.38.